The van der Waals surface area contributed by atoms with Gasteiger partial charge in [0.1, 0.15) is 5.76 Å². The zero-order chi connectivity index (χ0) is 18.6. The van der Waals surface area contributed by atoms with Crippen LogP contribution in [-0.4, -0.2) is 22.8 Å². The Morgan fingerprint density at radius 3 is 2.26 bits per heavy atom. The van der Waals surface area contributed by atoms with E-state index >= 15 is 0 Å². The van der Waals surface area contributed by atoms with Crippen LogP contribution in [0.4, 0.5) is 5.69 Å². The highest BCUT2D eigenvalue weighted by Crippen LogP contribution is 2.27. The molecule has 0 saturated carbocycles. The SMILES string of the molecule is O=C1C[C@@H](N(Cc2ccccc2)Cc2ccco2)C(=O)N1c1ccccc1. The number of furan rings is 1. The van der Waals surface area contributed by atoms with E-state index in [4.69, 9.17) is 4.42 Å². The fourth-order valence-electron chi connectivity index (χ4n) is 3.45. The van der Waals surface area contributed by atoms with Gasteiger partial charge in [0.15, 0.2) is 0 Å². The molecule has 3 aromatic rings. The lowest BCUT2D eigenvalue weighted by molar-refractivity contribution is -0.123. The van der Waals surface area contributed by atoms with E-state index in [1.54, 1.807) is 18.4 Å². The van der Waals surface area contributed by atoms with E-state index in [0.717, 1.165) is 11.3 Å². The van der Waals surface area contributed by atoms with Gasteiger partial charge in [-0.15, -0.1) is 0 Å². The summed E-state index contributed by atoms with van der Waals surface area (Å²) in [6.07, 6.45) is 1.79. The van der Waals surface area contributed by atoms with Crippen molar-refractivity contribution in [2.45, 2.75) is 25.6 Å². The molecule has 1 fully saturated rings. The predicted molar refractivity (Wildman–Crippen MR) is 102 cm³/mol. The van der Waals surface area contributed by atoms with Crippen molar-refractivity contribution in [2.75, 3.05) is 4.90 Å². The Balaban J connectivity index is 1.61. The van der Waals surface area contributed by atoms with E-state index < -0.39 is 6.04 Å². The van der Waals surface area contributed by atoms with Crippen LogP contribution in [0.15, 0.2) is 83.5 Å². The van der Waals surface area contributed by atoms with Crippen LogP contribution in [-0.2, 0) is 22.7 Å². The molecule has 2 amide bonds. The minimum absolute atomic E-state index is 0.168. The number of imide groups is 1. The molecule has 0 radical (unpaired) electrons. The Labute approximate surface area is 157 Å². The Hall–Kier alpha value is -3.18. The van der Waals surface area contributed by atoms with Gasteiger partial charge in [-0.25, -0.2) is 4.90 Å². The standard InChI is InChI=1S/C22H20N2O3/c25-21-14-20(22(26)24(21)18-10-5-2-6-11-18)23(16-19-12-7-13-27-19)15-17-8-3-1-4-9-17/h1-13,20H,14-16H2/t20-/m1/s1. The highest BCUT2D eigenvalue weighted by atomic mass is 16.3. The molecule has 4 rings (SSSR count). The quantitative estimate of drug-likeness (QED) is 0.630. The molecule has 1 saturated heterocycles. The second-order valence-corrected chi connectivity index (χ2v) is 6.59. The number of benzene rings is 2. The molecule has 1 atom stereocenters. The second kappa shape index (κ2) is 7.60. The van der Waals surface area contributed by atoms with Crippen molar-refractivity contribution in [1.29, 1.82) is 0 Å². The number of anilines is 1. The van der Waals surface area contributed by atoms with Gasteiger partial charge in [-0.1, -0.05) is 48.5 Å². The Bertz CT molecular complexity index is 907. The van der Waals surface area contributed by atoms with Crippen LogP contribution in [0.5, 0.6) is 0 Å². The van der Waals surface area contributed by atoms with Crippen LogP contribution in [0.1, 0.15) is 17.7 Å². The van der Waals surface area contributed by atoms with Gasteiger partial charge >= 0.3 is 0 Å². The van der Waals surface area contributed by atoms with Crippen LogP contribution in [0.3, 0.4) is 0 Å². The van der Waals surface area contributed by atoms with E-state index in [1.165, 1.54) is 4.90 Å². The zero-order valence-corrected chi connectivity index (χ0v) is 14.8. The molecule has 0 spiro atoms. The van der Waals surface area contributed by atoms with E-state index in [-0.39, 0.29) is 18.2 Å². The number of carbonyl (C=O) groups is 2. The Kier molecular flexibility index (Phi) is 4.85. The number of hydrogen-bond donors (Lipinski definition) is 0. The smallest absolute Gasteiger partial charge is 0.251 e. The van der Waals surface area contributed by atoms with Gasteiger partial charge in [0.2, 0.25) is 5.91 Å². The minimum atomic E-state index is -0.511. The van der Waals surface area contributed by atoms with Crippen LogP contribution < -0.4 is 4.90 Å². The summed E-state index contributed by atoms with van der Waals surface area (Å²) >= 11 is 0. The highest BCUT2D eigenvalue weighted by Gasteiger charge is 2.42. The molecule has 2 heterocycles. The Morgan fingerprint density at radius 2 is 1.59 bits per heavy atom. The molecule has 1 aromatic heterocycles. The molecule has 5 nitrogen and oxygen atoms in total. The summed E-state index contributed by atoms with van der Waals surface area (Å²) in [5.74, 6) is 0.409. The maximum Gasteiger partial charge on any atom is 0.251 e. The highest BCUT2D eigenvalue weighted by molar-refractivity contribution is 6.22. The molecule has 0 bridgehead atoms. The van der Waals surface area contributed by atoms with Crippen molar-refractivity contribution >= 4 is 17.5 Å². The summed E-state index contributed by atoms with van der Waals surface area (Å²) in [5, 5.41) is 0. The van der Waals surface area contributed by atoms with Crippen molar-refractivity contribution < 1.29 is 14.0 Å². The molecular formula is C22H20N2O3. The zero-order valence-electron chi connectivity index (χ0n) is 14.8. The summed E-state index contributed by atoms with van der Waals surface area (Å²) in [7, 11) is 0. The number of rotatable bonds is 6. The van der Waals surface area contributed by atoms with Crippen LogP contribution in [0.2, 0.25) is 0 Å². The lowest BCUT2D eigenvalue weighted by Crippen LogP contribution is -2.41. The molecule has 5 heteroatoms. The van der Waals surface area contributed by atoms with Gasteiger partial charge in [0, 0.05) is 6.54 Å². The number of nitrogens with zero attached hydrogens (tertiary/aromatic N) is 2. The number of para-hydroxylation sites is 1. The number of amides is 2. The molecule has 0 aliphatic carbocycles. The fraction of sp³-hybridized carbons (Fsp3) is 0.182. The molecule has 0 N–H and O–H groups in total. The van der Waals surface area contributed by atoms with Crippen molar-refractivity contribution in [1.82, 2.24) is 4.90 Å². The summed E-state index contributed by atoms with van der Waals surface area (Å²) in [5.41, 5.74) is 1.70. The molecule has 1 aliphatic rings. The van der Waals surface area contributed by atoms with E-state index in [9.17, 15) is 9.59 Å². The van der Waals surface area contributed by atoms with E-state index in [2.05, 4.69) is 0 Å². The van der Waals surface area contributed by atoms with Gasteiger partial charge in [-0.05, 0) is 29.8 Å². The molecule has 27 heavy (non-hydrogen) atoms. The summed E-state index contributed by atoms with van der Waals surface area (Å²) in [6, 6.07) is 22.2. The van der Waals surface area contributed by atoms with Gasteiger partial charge in [0.25, 0.3) is 5.91 Å². The van der Waals surface area contributed by atoms with E-state index in [0.29, 0.717) is 18.8 Å². The fourth-order valence-corrected chi connectivity index (χ4v) is 3.45. The van der Waals surface area contributed by atoms with Crippen LogP contribution in [0.25, 0.3) is 0 Å². The number of hydrogen-bond acceptors (Lipinski definition) is 4. The maximum absolute atomic E-state index is 13.1. The summed E-state index contributed by atoms with van der Waals surface area (Å²) < 4.78 is 5.48. The summed E-state index contributed by atoms with van der Waals surface area (Å²) in [4.78, 5) is 29.0. The van der Waals surface area contributed by atoms with Gasteiger partial charge in [-0.3, -0.25) is 14.5 Å². The average Bonchev–Trinajstić information content (AvgIpc) is 3.30. The third-order valence-electron chi connectivity index (χ3n) is 4.75. The average molecular weight is 360 g/mol. The minimum Gasteiger partial charge on any atom is -0.468 e. The van der Waals surface area contributed by atoms with E-state index in [1.807, 2.05) is 65.6 Å². The van der Waals surface area contributed by atoms with Crippen molar-refractivity contribution in [2.24, 2.45) is 0 Å². The van der Waals surface area contributed by atoms with Gasteiger partial charge in [-0.2, -0.15) is 0 Å². The third kappa shape index (κ3) is 3.68. The molecule has 0 unspecified atom stereocenters. The van der Waals surface area contributed by atoms with Crippen LogP contribution >= 0.6 is 0 Å². The van der Waals surface area contributed by atoms with Crippen molar-refractivity contribution in [3.8, 4) is 0 Å². The topological polar surface area (TPSA) is 53.8 Å². The van der Waals surface area contributed by atoms with Gasteiger partial charge in [0.05, 0.1) is 31.0 Å². The van der Waals surface area contributed by atoms with Gasteiger partial charge < -0.3 is 4.42 Å². The summed E-state index contributed by atoms with van der Waals surface area (Å²) in [6.45, 7) is 1.03. The number of carbonyl (C=O) groups excluding carboxylic acids is 2. The lowest BCUT2D eigenvalue weighted by Gasteiger charge is -2.26. The molecular weight excluding hydrogens is 340 g/mol. The predicted octanol–water partition coefficient (Wildman–Crippen LogP) is 3.61. The normalized spacial score (nSPS) is 17.1. The Morgan fingerprint density at radius 1 is 0.889 bits per heavy atom. The monoisotopic (exact) mass is 360 g/mol. The largest absolute Gasteiger partial charge is 0.468 e. The first-order chi connectivity index (χ1) is 13.2. The van der Waals surface area contributed by atoms with Crippen molar-refractivity contribution in [3.05, 3.63) is 90.4 Å². The first kappa shape index (κ1) is 17.2. The molecule has 136 valence electrons. The van der Waals surface area contributed by atoms with Crippen LogP contribution in [0, 0.1) is 0 Å². The van der Waals surface area contributed by atoms with Crippen molar-refractivity contribution in [3.63, 3.8) is 0 Å². The second-order valence-electron chi connectivity index (χ2n) is 6.59. The maximum atomic E-state index is 13.1. The molecule has 1 aliphatic heterocycles. The molecule has 2 aromatic carbocycles. The third-order valence-corrected chi connectivity index (χ3v) is 4.75. The lowest BCUT2D eigenvalue weighted by atomic mass is 10.1. The first-order valence-corrected chi connectivity index (χ1v) is 8.94. The first-order valence-electron chi connectivity index (χ1n) is 8.94.